The first kappa shape index (κ1) is 27.2. The fraction of sp³-hybridized carbons (Fsp3) is 0. The maximum atomic E-state index is 15.3. The Bertz CT molecular complexity index is 2020. The molecule has 43 heavy (non-hydrogen) atoms. The number of nitrogens with one attached hydrogen (secondary N) is 2. The molecule has 0 saturated carbocycles. The SMILES string of the molecule is O=Nc1ccc(/C=C/c2nc(Nc3ccc(O)cc3)c3cc(NC(=O)c4csc(-c5ccccc5O)n4)c(F)cc3n2)o1. The number of aromatic nitrogens is 3. The molecule has 6 aromatic rings. The van der Waals surface area contributed by atoms with E-state index in [1.165, 1.54) is 65.3 Å². The molecule has 3 aromatic carbocycles. The molecule has 0 fully saturated rings. The molecule has 0 aliphatic heterocycles. The van der Waals surface area contributed by atoms with Crippen LogP contribution in [0.25, 0.3) is 33.6 Å². The van der Waals surface area contributed by atoms with E-state index in [-0.39, 0.29) is 45.9 Å². The number of rotatable bonds is 8. The number of phenolic OH excluding ortho intramolecular Hbond substituents is 2. The largest absolute Gasteiger partial charge is 0.508 e. The number of carbonyl (C=O) groups is 1. The molecule has 0 radical (unpaired) electrons. The summed E-state index contributed by atoms with van der Waals surface area (Å²) in [6.45, 7) is 0. The molecule has 212 valence electrons. The number of aromatic hydroxyl groups is 2. The lowest BCUT2D eigenvalue weighted by Crippen LogP contribution is -2.13. The Hall–Kier alpha value is -5.95. The Balaban J connectivity index is 1.34. The van der Waals surface area contributed by atoms with Gasteiger partial charge in [-0.15, -0.1) is 16.2 Å². The number of anilines is 3. The van der Waals surface area contributed by atoms with Gasteiger partial charge in [-0.3, -0.25) is 4.79 Å². The summed E-state index contributed by atoms with van der Waals surface area (Å²) in [5.74, 6) is -0.553. The molecule has 0 bridgehead atoms. The number of fused-ring (bicyclic) bond motifs is 1. The molecule has 0 spiro atoms. The van der Waals surface area contributed by atoms with Crippen molar-refractivity contribution in [3.05, 3.63) is 106 Å². The predicted octanol–water partition coefficient (Wildman–Crippen LogP) is 7.46. The van der Waals surface area contributed by atoms with E-state index < -0.39 is 11.7 Å². The number of halogens is 1. The van der Waals surface area contributed by atoms with E-state index in [2.05, 4.69) is 30.8 Å². The standard InChI is InChI=1S/C30H19FN6O5S/c31-21-14-22-20(13-23(21)34-29(40)24-15-43-30(35-24)19-3-1-2-4-25(19)39)28(32-16-5-7-17(38)8-6-16)36-26(33-22)11-9-18-10-12-27(37-41)42-18/h1-15,38-39H,(H,34,40)(H,32,33,36)/b11-9+. The predicted molar refractivity (Wildman–Crippen MR) is 161 cm³/mol. The average molecular weight is 595 g/mol. The summed E-state index contributed by atoms with van der Waals surface area (Å²) in [6, 6.07) is 18.4. The van der Waals surface area contributed by atoms with Crippen LogP contribution in [0, 0.1) is 10.7 Å². The minimum Gasteiger partial charge on any atom is -0.508 e. The van der Waals surface area contributed by atoms with Crippen molar-refractivity contribution in [3.8, 4) is 22.1 Å². The van der Waals surface area contributed by atoms with E-state index in [0.29, 0.717) is 27.4 Å². The van der Waals surface area contributed by atoms with Crippen LogP contribution < -0.4 is 10.6 Å². The highest BCUT2D eigenvalue weighted by Gasteiger charge is 2.18. The summed E-state index contributed by atoms with van der Waals surface area (Å²) in [5, 5.41) is 30.6. The van der Waals surface area contributed by atoms with Gasteiger partial charge in [0.2, 0.25) is 0 Å². The summed E-state index contributed by atoms with van der Waals surface area (Å²) in [5.41, 5.74) is 1.21. The number of nitrogens with zero attached hydrogens (tertiary/aromatic N) is 4. The summed E-state index contributed by atoms with van der Waals surface area (Å²) in [4.78, 5) is 37.0. The van der Waals surface area contributed by atoms with Crippen molar-refractivity contribution in [2.75, 3.05) is 10.6 Å². The number of amides is 1. The number of hydrogen-bond acceptors (Lipinski definition) is 11. The first-order valence-electron chi connectivity index (χ1n) is 12.6. The average Bonchev–Trinajstić information content (AvgIpc) is 3.68. The molecule has 0 atom stereocenters. The van der Waals surface area contributed by atoms with Crippen LogP contribution in [0.4, 0.5) is 27.5 Å². The number of nitroso groups, excluding NO2 is 1. The van der Waals surface area contributed by atoms with E-state index in [1.54, 1.807) is 36.4 Å². The molecule has 6 rings (SSSR count). The van der Waals surface area contributed by atoms with Crippen molar-refractivity contribution in [1.29, 1.82) is 0 Å². The maximum absolute atomic E-state index is 15.3. The first-order chi connectivity index (χ1) is 20.9. The third kappa shape index (κ3) is 5.92. The third-order valence-electron chi connectivity index (χ3n) is 6.15. The Morgan fingerprint density at radius 3 is 2.56 bits per heavy atom. The van der Waals surface area contributed by atoms with Crippen molar-refractivity contribution in [2.45, 2.75) is 0 Å². The molecule has 11 nitrogen and oxygen atoms in total. The van der Waals surface area contributed by atoms with E-state index in [1.807, 2.05) is 0 Å². The molecule has 0 aliphatic carbocycles. The van der Waals surface area contributed by atoms with Crippen LogP contribution in [0.5, 0.6) is 11.5 Å². The van der Waals surface area contributed by atoms with Gasteiger partial charge in [-0.2, -0.15) is 0 Å². The van der Waals surface area contributed by atoms with Crippen LogP contribution in [0.1, 0.15) is 22.1 Å². The van der Waals surface area contributed by atoms with Gasteiger partial charge >= 0.3 is 0 Å². The van der Waals surface area contributed by atoms with Gasteiger partial charge < -0.3 is 25.3 Å². The van der Waals surface area contributed by atoms with Crippen molar-refractivity contribution in [2.24, 2.45) is 5.18 Å². The number of furan rings is 1. The lowest BCUT2D eigenvalue weighted by molar-refractivity contribution is 0.102. The highest BCUT2D eigenvalue weighted by atomic mass is 32.1. The van der Waals surface area contributed by atoms with Crippen LogP contribution in [0.2, 0.25) is 0 Å². The fourth-order valence-corrected chi connectivity index (χ4v) is 4.93. The molecule has 4 N–H and O–H groups in total. The zero-order valence-corrected chi connectivity index (χ0v) is 22.7. The minimum atomic E-state index is -0.742. The lowest BCUT2D eigenvalue weighted by Gasteiger charge is -2.12. The highest BCUT2D eigenvalue weighted by molar-refractivity contribution is 7.13. The second-order valence-electron chi connectivity index (χ2n) is 9.06. The second-order valence-corrected chi connectivity index (χ2v) is 9.92. The number of carbonyl (C=O) groups excluding carboxylic acids is 1. The second kappa shape index (κ2) is 11.5. The van der Waals surface area contributed by atoms with Gasteiger partial charge in [0, 0.05) is 33.8 Å². The van der Waals surface area contributed by atoms with Crippen LogP contribution in [0.15, 0.2) is 87.8 Å². The molecule has 3 heterocycles. The van der Waals surface area contributed by atoms with Crippen molar-refractivity contribution in [1.82, 2.24) is 15.0 Å². The van der Waals surface area contributed by atoms with Crippen LogP contribution >= 0.6 is 11.3 Å². The molecular formula is C30H19FN6O5S. The summed E-state index contributed by atoms with van der Waals surface area (Å²) < 4.78 is 20.5. The zero-order chi connectivity index (χ0) is 29.9. The molecule has 0 saturated heterocycles. The first-order valence-corrected chi connectivity index (χ1v) is 13.5. The van der Waals surface area contributed by atoms with E-state index in [4.69, 9.17) is 4.42 Å². The van der Waals surface area contributed by atoms with Gasteiger partial charge in [0.1, 0.15) is 39.6 Å². The number of hydrogen-bond donors (Lipinski definition) is 4. The van der Waals surface area contributed by atoms with Crippen LogP contribution in [-0.2, 0) is 0 Å². The van der Waals surface area contributed by atoms with Gasteiger partial charge in [-0.05, 0) is 60.7 Å². The fourth-order valence-electron chi connectivity index (χ4n) is 4.10. The topological polar surface area (TPSA) is 163 Å². The van der Waals surface area contributed by atoms with Crippen molar-refractivity contribution < 1.29 is 23.8 Å². The molecule has 3 aromatic heterocycles. The Labute approximate surface area is 246 Å². The maximum Gasteiger partial charge on any atom is 0.275 e. The minimum absolute atomic E-state index is 0.0270. The molecule has 0 aliphatic rings. The Kier molecular flexibility index (Phi) is 7.28. The Morgan fingerprint density at radius 1 is 0.977 bits per heavy atom. The van der Waals surface area contributed by atoms with Crippen LogP contribution in [-0.4, -0.2) is 31.1 Å². The smallest absolute Gasteiger partial charge is 0.275 e. The molecule has 13 heteroatoms. The molecular weight excluding hydrogens is 575 g/mol. The van der Waals surface area contributed by atoms with Gasteiger partial charge in [0.25, 0.3) is 11.8 Å². The zero-order valence-electron chi connectivity index (χ0n) is 21.9. The quantitative estimate of drug-likeness (QED) is 0.103. The highest BCUT2D eigenvalue weighted by Crippen LogP contribution is 2.33. The van der Waals surface area contributed by atoms with Crippen molar-refractivity contribution in [3.63, 3.8) is 0 Å². The van der Waals surface area contributed by atoms with E-state index in [0.717, 1.165) is 0 Å². The molecule has 0 unspecified atom stereocenters. The van der Waals surface area contributed by atoms with Gasteiger partial charge in [-0.1, -0.05) is 12.1 Å². The van der Waals surface area contributed by atoms with Gasteiger partial charge in [0.15, 0.2) is 5.82 Å². The molecule has 1 amide bonds. The monoisotopic (exact) mass is 594 g/mol. The third-order valence-corrected chi connectivity index (χ3v) is 7.03. The van der Waals surface area contributed by atoms with E-state index in [9.17, 15) is 19.9 Å². The summed E-state index contributed by atoms with van der Waals surface area (Å²) in [7, 11) is 0. The normalized spacial score (nSPS) is 11.2. The summed E-state index contributed by atoms with van der Waals surface area (Å²) in [6.07, 6.45) is 3.05. The number of phenols is 2. The van der Waals surface area contributed by atoms with Gasteiger partial charge in [0.05, 0.1) is 16.8 Å². The lowest BCUT2D eigenvalue weighted by atomic mass is 10.1. The summed E-state index contributed by atoms with van der Waals surface area (Å²) >= 11 is 1.17. The van der Waals surface area contributed by atoms with Gasteiger partial charge in [-0.25, -0.2) is 19.3 Å². The number of benzene rings is 3. The van der Waals surface area contributed by atoms with E-state index >= 15 is 4.39 Å². The number of para-hydroxylation sites is 1. The van der Waals surface area contributed by atoms with Crippen LogP contribution in [0.3, 0.4) is 0 Å². The Morgan fingerprint density at radius 2 is 1.79 bits per heavy atom. The van der Waals surface area contributed by atoms with Crippen molar-refractivity contribution >= 4 is 63.4 Å². The number of thiazole rings is 1.